The number of nitrogens with zero attached hydrogens (tertiary/aromatic N) is 6. The van der Waals surface area contributed by atoms with Gasteiger partial charge in [0.05, 0.1) is 67.2 Å². The van der Waals surface area contributed by atoms with Crippen molar-refractivity contribution in [1.82, 2.24) is 45.6 Å². The molecular weight excluding hydrogens is 938 g/mol. The van der Waals surface area contributed by atoms with E-state index in [2.05, 4.69) is 62.0 Å². The lowest BCUT2D eigenvalue weighted by molar-refractivity contribution is -0.137. The zero-order chi connectivity index (χ0) is 51.4. The monoisotopic (exact) mass is 1010 g/mol. The fourth-order valence-corrected chi connectivity index (χ4v) is 10.5. The van der Waals surface area contributed by atoms with Crippen LogP contribution in [0.1, 0.15) is 108 Å². The first-order chi connectivity index (χ1) is 34.6. The average Bonchev–Trinajstić information content (AvgIpc) is 3.88. The number of hydrogen-bond donors (Lipinski definition) is 4. The van der Waals surface area contributed by atoms with Crippen LogP contribution >= 0.6 is 0 Å². The molecule has 0 unspecified atom stereocenters. The Balaban J connectivity index is 0.748. The molecular formula is C51H71F3N10O8. The van der Waals surface area contributed by atoms with Crippen molar-refractivity contribution in [2.45, 2.75) is 146 Å². The van der Waals surface area contributed by atoms with E-state index in [1.54, 1.807) is 35.3 Å². The predicted molar refractivity (Wildman–Crippen MR) is 261 cm³/mol. The van der Waals surface area contributed by atoms with E-state index in [1.165, 1.54) is 12.4 Å². The zero-order valence-corrected chi connectivity index (χ0v) is 41.8. The van der Waals surface area contributed by atoms with Gasteiger partial charge in [-0.3, -0.25) is 29.0 Å². The van der Waals surface area contributed by atoms with Gasteiger partial charge >= 0.3 is 6.18 Å². The lowest BCUT2D eigenvalue weighted by atomic mass is 9.84. The summed E-state index contributed by atoms with van der Waals surface area (Å²) in [6, 6.07) is 5.76. The van der Waals surface area contributed by atoms with Gasteiger partial charge in [-0.25, -0.2) is 9.97 Å². The number of benzene rings is 1. The molecule has 0 radical (unpaired) electrons. The minimum Gasteiger partial charge on any atom is -0.379 e. The molecule has 72 heavy (non-hydrogen) atoms. The van der Waals surface area contributed by atoms with Crippen LogP contribution in [0, 0.1) is 5.92 Å². The Hall–Kier alpha value is -5.51. The van der Waals surface area contributed by atoms with Gasteiger partial charge in [0.2, 0.25) is 29.5 Å². The van der Waals surface area contributed by atoms with Crippen molar-refractivity contribution < 1.29 is 51.4 Å². The summed E-state index contributed by atoms with van der Waals surface area (Å²) in [5, 5.41) is 12.3. The molecule has 5 amide bonds. The molecule has 18 nitrogen and oxygen atoms in total. The number of rotatable bonds is 23. The summed E-state index contributed by atoms with van der Waals surface area (Å²) in [4.78, 5) is 83.5. The number of likely N-dealkylation sites (tertiary alicyclic amines) is 2. The van der Waals surface area contributed by atoms with Crippen LogP contribution in [-0.4, -0.2) is 162 Å². The maximum atomic E-state index is 14.0. The number of halogens is 3. The number of carbonyl (C=O) groups is 5. The van der Waals surface area contributed by atoms with Gasteiger partial charge in [-0.05, 0) is 109 Å². The first kappa shape index (κ1) is 54.3. The van der Waals surface area contributed by atoms with Gasteiger partial charge in [-0.2, -0.15) is 13.2 Å². The molecule has 0 bridgehead atoms. The van der Waals surface area contributed by atoms with E-state index in [4.69, 9.17) is 14.2 Å². The number of amides is 5. The Morgan fingerprint density at radius 3 is 2.36 bits per heavy atom. The standard InChI is InChI=1S/C51H71F3N10O8/c1-32(2)62(3)35-10-16-43(64-22-17-41(50(64)69)61-48-38-27-34(51(52,53)54)9-15-40(38)58-31-59-48)42(28-35)60-45(66)18-24-70-25-20-56-44(65)8-6-23-71-36-11-13-37(14-12-36)72-26-21-57-49(68)39-29-46(67)63(4)47(39)33-7-5-19-55-30-33/h5,7,9,15,19,27,30-32,35-37,39,41-43,47H,6,8,10-14,16-18,20-26,28-29H2,1-4H3,(H,56,65)(H,57,68)(H,60,66)(H,58,59,61)/t35-,36?,37?,39+,41+,42-,43+,47-/m1/s1. The van der Waals surface area contributed by atoms with Gasteiger partial charge in [-0.1, -0.05) is 6.07 Å². The van der Waals surface area contributed by atoms with Gasteiger partial charge in [0.25, 0.3) is 0 Å². The lowest BCUT2D eigenvalue weighted by Crippen LogP contribution is -2.58. The highest BCUT2D eigenvalue weighted by molar-refractivity contribution is 5.93. The fraction of sp³-hybridized carbons (Fsp3) is 0.647. The van der Waals surface area contributed by atoms with Crippen LogP contribution in [-0.2, 0) is 44.4 Å². The molecule has 21 heteroatoms. The Morgan fingerprint density at radius 1 is 0.889 bits per heavy atom. The summed E-state index contributed by atoms with van der Waals surface area (Å²) in [7, 11) is 3.78. The number of nitrogens with one attached hydrogen (secondary N) is 4. The molecule has 7 rings (SSSR count). The van der Waals surface area contributed by atoms with E-state index in [0.29, 0.717) is 70.5 Å². The van der Waals surface area contributed by atoms with Crippen molar-refractivity contribution in [3.63, 3.8) is 0 Å². The number of anilines is 1. The lowest BCUT2D eigenvalue weighted by Gasteiger charge is -2.44. The van der Waals surface area contributed by atoms with E-state index in [1.807, 2.05) is 6.07 Å². The molecule has 6 atom stereocenters. The SMILES string of the molecule is CC(C)N(C)[C@@H]1CC[C@H](N2CC[C@H](Nc3ncnc4ccc(C(F)(F)F)cc34)C2=O)[C@H](NC(=O)CCOCCNC(=O)CCCOC2CCC(OCCNC(=O)[C@H]3CC(=O)N(C)[C@@H]3c3cccnc3)CC2)C1. The van der Waals surface area contributed by atoms with E-state index in [-0.39, 0.29) is 109 Å². The highest BCUT2D eigenvalue weighted by Gasteiger charge is 2.44. The van der Waals surface area contributed by atoms with Crippen LogP contribution in [0.15, 0.2) is 49.1 Å². The maximum absolute atomic E-state index is 14.0. The second-order valence-electron chi connectivity index (χ2n) is 19.7. The number of pyridine rings is 1. The number of ether oxygens (including phenoxy) is 3. The number of aromatic nitrogens is 3. The third-order valence-electron chi connectivity index (χ3n) is 14.7. The molecule has 3 aromatic rings. The van der Waals surface area contributed by atoms with E-state index >= 15 is 0 Å². The Labute approximate surface area is 419 Å². The van der Waals surface area contributed by atoms with Crippen molar-refractivity contribution in [2.75, 3.05) is 65.5 Å². The average molecular weight is 1010 g/mol. The van der Waals surface area contributed by atoms with Crippen LogP contribution in [0.5, 0.6) is 0 Å². The molecule has 4 aliphatic rings. The molecule has 2 saturated heterocycles. The largest absolute Gasteiger partial charge is 0.416 e. The quantitative estimate of drug-likeness (QED) is 0.0945. The minimum atomic E-state index is -4.55. The van der Waals surface area contributed by atoms with Crippen LogP contribution in [0.2, 0.25) is 0 Å². The van der Waals surface area contributed by atoms with Crippen molar-refractivity contribution in [3.05, 3.63) is 60.2 Å². The topological polar surface area (TPSA) is 210 Å². The van der Waals surface area contributed by atoms with Crippen LogP contribution in [0.25, 0.3) is 10.9 Å². The second kappa shape index (κ2) is 25.4. The van der Waals surface area contributed by atoms with Crippen molar-refractivity contribution in [1.29, 1.82) is 0 Å². The molecule has 4 N–H and O–H groups in total. The first-order valence-electron chi connectivity index (χ1n) is 25.5. The van der Waals surface area contributed by atoms with Crippen molar-refractivity contribution in [2.24, 2.45) is 5.92 Å². The number of carbonyl (C=O) groups excluding carboxylic acids is 5. The van der Waals surface area contributed by atoms with Gasteiger partial charge in [-0.15, -0.1) is 0 Å². The number of alkyl halides is 3. The molecule has 2 saturated carbocycles. The molecule has 4 heterocycles. The third-order valence-corrected chi connectivity index (χ3v) is 14.7. The van der Waals surface area contributed by atoms with Crippen LogP contribution in [0.3, 0.4) is 0 Å². The van der Waals surface area contributed by atoms with Crippen LogP contribution in [0.4, 0.5) is 19.0 Å². The summed E-state index contributed by atoms with van der Waals surface area (Å²) in [5.74, 6) is -1.07. The highest BCUT2D eigenvalue weighted by atomic mass is 19.4. The Kier molecular flexibility index (Phi) is 19.2. The van der Waals surface area contributed by atoms with Crippen molar-refractivity contribution in [3.8, 4) is 0 Å². The molecule has 394 valence electrons. The smallest absolute Gasteiger partial charge is 0.379 e. The van der Waals surface area contributed by atoms with Gasteiger partial charge in [0, 0.05) is 82.4 Å². The summed E-state index contributed by atoms with van der Waals surface area (Å²) in [6.07, 6.45) is 7.34. The number of hydrogen-bond acceptors (Lipinski definition) is 13. The molecule has 2 aliphatic heterocycles. The normalized spacial score (nSPS) is 24.8. The molecule has 2 aliphatic carbocycles. The predicted octanol–water partition coefficient (Wildman–Crippen LogP) is 4.79. The van der Waals surface area contributed by atoms with Crippen LogP contribution < -0.4 is 21.3 Å². The van der Waals surface area contributed by atoms with Crippen molar-refractivity contribution >= 4 is 46.3 Å². The maximum Gasteiger partial charge on any atom is 0.416 e. The van der Waals surface area contributed by atoms with E-state index in [0.717, 1.165) is 49.8 Å². The minimum absolute atomic E-state index is 0.0685. The number of fused-ring (bicyclic) bond motifs is 1. The van der Waals surface area contributed by atoms with Gasteiger partial charge in [0.15, 0.2) is 0 Å². The Bertz CT molecular complexity index is 2300. The van der Waals surface area contributed by atoms with E-state index < -0.39 is 23.7 Å². The first-order valence-corrected chi connectivity index (χ1v) is 25.5. The fourth-order valence-electron chi connectivity index (χ4n) is 10.5. The van der Waals surface area contributed by atoms with Gasteiger partial charge in [0.1, 0.15) is 18.2 Å². The highest BCUT2D eigenvalue weighted by Crippen LogP contribution is 2.37. The molecule has 1 aromatic carbocycles. The molecule has 2 aromatic heterocycles. The summed E-state index contributed by atoms with van der Waals surface area (Å²) >= 11 is 0. The molecule has 4 fully saturated rings. The summed E-state index contributed by atoms with van der Waals surface area (Å²) in [6.45, 7) is 6.55. The second-order valence-corrected chi connectivity index (χ2v) is 19.7. The third kappa shape index (κ3) is 14.4. The van der Waals surface area contributed by atoms with Gasteiger partial charge < -0.3 is 50.2 Å². The molecule has 0 spiro atoms. The Morgan fingerprint density at radius 2 is 1.64 bits per heavy atom. The van der Waals surface area contributed by atoms with E-state index in [9.17, 15) is 37.1 Å². The summed E-state index contributed by atoms with van der Waals surface area (Å²) in [5.41, 5.74) is 0.332. The summed E-state index contributed by atoms with van der Waals surface area (Å²) < 4.78 is 58.5. The zero-order valence-electron chi connectivity index (χ0n) is 41.8.